The van der Waals surface area contributed by atoms with Gasteiger partial charge >= 0.3 is 0 Å². The second kappa shape index (κ2) is 8.79. The molecule has 34 heavy (non-hydrogen) atoms. The van der Waals surface area contributed by atoms with Crippen molar-refractivity contribution >= 4 is 44.2 Å². The summed E-state index contributed by atoms with van der Waals surface area (Å²) < 4.78 is 23.8. The lowest BCUT2D eigenvalue weighted by molar-refractivity contribution is -0.384. The maximum absolute atomic E-state index is 12.2. The fourth-order valence-electron chi connectivity index (χ4n) is 3.24. The van der Waals surface area contributed by atoms with Gasteiger partial charge in [0.2, 0.25) is 5.91 Å². The molecule has 0 saturated carbocycles. The Bertz CT molecular complexity index is 1540. The number of benzene rings is 3. The Hall–Kier alpha value is -4.51. The molecule has 10 nitrogen and oxygen atoms in total. The first-order valence-electron chi connectivity index (χ1n) is 9.87. The summed E-state index contributed by atoms with van der Waals surface area (Å²) in [5.41, 5.74) is 2.15. The smallest absolute Gasteiger partial charge is 0.271 e. The number of imidazole rings is 1. The van der Waals surface area contributed by atoms with Gasteiger partial charge in [-0.1, -0.05) is 12.1 Å². The molecule has 0 radical (unpaired) electrons. The number of nitro benzene ring substituents is 1. The van der Waals surface area contributed by atoms with Gasteiger partial charge in [-0.2, -0.15) is 4.73 Å². The summed E-state index contributed by atoms with van der Waals surface area (Å²) in [4.78, 5) is 27.1. The van der Waals surface area contributed by atoms with Crippen molar-refractivity contribution in [3.63, 3.8) is 0 Å². The number of hydrogen-bond donors (Lipinski definition) is 2. The molecule has 0 aliphatic carbocycles. The second-order valence-corrected chi connectivity index (χ2v) is 9.43. The number of nitrogens with one attached hydrogen (secondary N) is 1. The lowest BCUT2D eigenvalue weighted by Gasteiger charge is -2.05. The van der Waals surface area contributed by atoms with Gasteiger partial charge < -0.3 is 10.5 Å². The highest BCUT2D eigenvalue weighted by Gasteiger charge is 2.16. The van der Waals surface area contributed by atoms with Crippen molar-refractivity contribution in [3.05, 3.63) is 88.5 Å². The van der Waals surface area contributed by atoms with E-state index in [2.05, 4.69) is 10.3 Å². The van der Waals surface area contributed by atoms with Crippen LogP contribution in [0, 0.1) is 10.1 Å². The number of non-ortho nitro benzene ring substituents is 1. The molecule has 0 aliphatic rings. The third kappa shape index (κ3) is 4.79. The highest BCUT2D eigenvalue weighted by atomic mass is 32.2. The van der Waals surface area contributed by atoms with Gasteiger partial charge in [-0.25, -0.2) is 13.4 Å². The van der Waals surface area contributed by atoms with E-state index in [0.717, 1.165) is 11.0 Å². The van der Waals surface area contributed by atoms with E-state index in [0.29, 0.717) is 22.3 Å². The zero-order chi connectivity index (χ0) is 24.5. The first-order chi connectivity index (χ1) is 16.1. The molecule has 0 atom stereocenters. The zero-order valence-corrected chi connectivity index (χ0v) is 18.6. The number of nitro groups is 1. The van der Waals surface area contributed by atoms with Crippen molar-refractivity contribution in [2.24, 2.45) is 0 Å². The molecule has 0 saturated heterocycles. The van der Waals surface area contributed by atoms with Crippen LogP contribution in [-0.2, 0) is 14.6 Å². The number of nitrogens with zero attached hydrogens (tertiary/aromatic N) is 3. The summed E-state index contributed by atoms with van der Waals surface area (Å²) in [6.07, 6.45) is 4.01. The van der Waals surface area contributed by atoms with Gasteiger partial charge in [0.1, 0.15) is 5.52 Å². The minimum absolute atomic E-state index is 0.160. The van der Waals surface area contributed by atoms with Crippen molar-refractivity contribution in [1.82, 2.24) is 9.71 Å². The first-order valence-corrected chi connectivity index (χ1v) is 11.8. The Kier molecular flexibility index (Phi) is 5.86. The Morgan fingerprint density at radius 2 is 1.76 bits per heavy atom. The van der Waals surface area contributed by atoms with Crippen molar-refractivity contribution in [2.45, 2.75) is 4.90 Å². The number of anilines is 1. The molecule has 1 amide bonds. The van der Waals surface area contributed by atoms with Crippen LogP contribution in [0.25, 0.3) is 28.5 Å². The Labute approximate surface area is 193 Å². The van der Waals surface area contributed by atoms with E-state index in [1.165, 1.54) is 36.4 Å². The topological polar surface area (TPSA) is 144 Å². The number of aromatic nitrogens is 2. The van der Waals surface area contributed by atoms with Crippen molar-refractivity contribution in [3.8, 4) is 11.4 Å². The van der Waals surface area contributed by atoms with Crippen LogP contribution in [0.2, 0.25) is 0 Å². The Morgan fingerprint density at radius 1 is 1.09 bits per heavy atom. The van der Waals surface area contributed by atoms with E-state index in [-0.39, 0.29) is 27.8 Å². The number of amides is 1. The summed E-state index contributed by atoms with van der Waals surface area (Å²) in [7, 11) is -3.28. The highest BCUT2D eigenvalue weighted by Crippen LogP contribution is 2.27. The third-order valence-electron chi connectivity index (χ3n) is 4.97. The maximum Gasteiger partial charge on any atom is 0.271 e. The van der Waals surface area contributed by atoms with Crippen LogP contribution in [-0.4, -0.2) is 40.4 Å². The van der Waals surface area contributed by atoms with E-state index in [1.807, 2.05) is 0 Å². The lowest BCUT2D eigenvalue weighted by Crippen LogP contribution is -2.07. The van der Waals surface area contributed by atoms with Crippen LogP contribution in [0.4, 0.5) is 11.4 Å². The normalized spacial score (nSPS) is 11.7. The van der Waals surface area contributed by atoms with Crippen LogP contribution in [0.15, 0.2) is 77.7 Å². The molecule has 4 aromatic rings. The van der Waals surface area contributed by atoms with Crippen LogP contribution >= 0.6 is 0 Å². The Balaban J connectivity index is 1.46. The predicted octanol–water partition coefficient (Wildman–Crippen LogP) is 3.90. The lowest BCUT2D eigenvalue weighted by atomic mass is 10.2. The second-order valence-electron chi connectivity index (χ2n) is 7.42. The van der Waals surface area contributed by atoms with Crippen LogP contribution in [0.1, 0.15) is 5.56 Å². The fourth-order valence-corrected chi connectivity index (χ4v) is 3.87. The average molecular weight is 478 g/mol. The number of fused-ring (bicyclic) bond motifs is 1. The van der Waals surface area contributed by atoms with Crippen molar-refractivity contribution in [1.29, 1.82) is 0 Å². The summed E-state index contributed by atoms with van der Waals surface area (Å²) in [5, 5.41) is 24.1. The molecule has 1 aromatic heterocycles. The molecular formula is C23H18N4O6S. The summed E-state index contributed by atoms with van der Waals surface area (Å²) in [5.74, 6) is -0.188. The number of sulfone groups is 1. The van der Waals surface area contributed by atoms with E-state index < -0.39 is 14.8 Å². The monoisotopic (exact) mass is 478 g/mol. The van der Waals surface area contributed by atoms with Gasteiger partial charge in [0.15, 0.2) is 15.7 Å². The number of carbonyl (C=O) groups is 1. The van der Waals surface area contributed by atoms with E-state index >= 15 is 0 Å². The van der Waals surface area contributed by atoms with Gasteiger partial charge in [0, 0.05) is 35.7 Å². The number of hydrogen-bond acceptors (Lipinski definition) is 7. The Morgan fingerprint density at radius 3 is 2.38 bits per heavy atom. The van der Waals surface area contributed by atoms with Crippen LogP contribution < -0.4 is 5.32 Å². The molecule has 4 rings (SSSR count). The highest BCUT2D eigenvalue weighted by molar-refractivity contribution is 7.90. The molecule has 0 bridgehead atoms. The van der Waals surface area contributed by atoms with Gasteiger partial charge in [0.25, 0.3) is 5.69 Å². The fraction of sp³-hybridized carbons (Fsp3) is 0.0435. The molecule has 11 heteroatoms. The number of rotatable bonds is 6. The quantitative estimate of drug-likeness (QED) is 0.185. The van der Waals surface area contributed by atoms with Gasteiger partial charge in [-0.15, -0.1) is 0 Å². The molecule has 3 aromatic carbocycles. The minimum atomic E-state index is -3.28. The average Bonchev–Trinajstić information content (AvgIpc) is 3.13. The first kappa shape index (κ1) is 22.7. The van der Waals surface area contributed by atoms with Crippen molar-refractivity contribution < 1.29 is 23.3 Å². The van der Waals surface area contributed by atoms with Gasteiger partial charge in [-0.3, -0.25) is 14.9 Å². The van der Waals surface area contributed by atoms with E-state index in [4.69, 9.17) is 0 Å². The van der Waals surface area contributed by atoms with Crippen LogP contribution in [0.5, 0.6) is 0 Å². The van der Waals surface area contributed by atoms with Gasteiger partial charge in [-0.05, 0) is 54.1 Å². The minimum Gasteiger partial charge on any atom is -0.426 e. The summed E-state index contributed by atoms with van der Waals surface area (Å²) >= 11 is 0. The molecule has 0 aliphatic heterocycles. The molecule has 0 unspecified atom stereocenters. The summed E-state index contributed by atoms with van der Waals surface area (Å²) in [6.45, 7) is 0. The molecule has 2 N–H and O–H groups in total. The van der Waals surface area contributed by atoms with E-state index in [9.17, 15) is 28.5 Å². The molecule has 1 heterocycles. The zero-order valence-electron chi connectivity index (χ0n) is 17.7. The summed E-state index contributed by atoms with van der Waals surface area (Å²) in [6, 6.07) is 16.7. The predicted molar refractivity (Wildman–Crippen MR) is 126 cm³/mol. The van der Waals surface area contributed by atoms with Crippen LogP contribution in [0.3, 0.4) is 0 Å². The SMILES string of the molecule is CS(=O)(=O)c1ccc(C=CC(=O)Nc2ccc(-c3nc4ccc([N+](=O)[O-])cc4n3O)cc2)cc1. The molecule has 0 fully saturated rings. The largest absolute Gasteiger partial charge is 0.426 e. The van der Waals surface area contributed by atoms with Gasteiger partial charge in [0.05, 0.1) is 15.3 Å². The van der Waals surface area contributed by atoms with Crippen molar-refractivity contribution in [2.75, 3.05) is 11.6 Å². The molecule has 0 spiro atoms. The maximum atomic E-state index is 12.2. The van der Waals surface area contributed by atoms with E-state index in [1.54, 1.807) is 42.5 Å². The molecule has 172 valence electrons. The third-order valence-corrected chi connectivity index (χ3v) is 6.10. The standard InChI is InChI=1S/C23H18N4O6S/c1-34(32,33)19-10-2-15(3-11-19)4-13-22(28)24-17-7-5-16(6-8-17)23-25-20-12-9-18(27(30)31)14-21(20)26(23)29/h2-14,29H,1H3,(H,24,28). The number of carbonyl (C=O) groups excluding carboxylic acids is 1. The molecular weight excluding hydrogens is 460 g/mol.